The van der Waals surface area contributed by atoms with Crippen molar-refractivity contribution in [2.24, 2.45) is 0 Å². The lowest BCUT2D eigenvalue weighted by atomic mass is 10.1. The van der Waals surface area contributed by atoms with Crippen molar-refractivity contribution in [3.05, 3.63) is 75.9 Å². The number of likely N-dealkylation sites (N-methyl/N-ethyl adjacent to an activating group) is 1. The Morgan fingerprint density at radius 3 is 2.46 bits per heavy atom. The first kappa shape index (κ1) is 25.4. The van der Waals surface area contributed by atoms with E-state index in [-0.39, 0.29) is 29.4 Å². The maximum atomic E-state index is 13.3. The molecule has 0 aliphatic carbocycles. The van der Waals surface area contributed by atoms with E-state index in [4.69, 9.17) is 0 Å². The molecule has 3 heterocycles. The SMILES string of the molecule is Cc1nn([C@@H]2CCS(=O)(=O)C2)c(C)c1CN(C)CC(=O)c1cc(C)n([C@H](C)c2ccccc2)c1C. The molecular formula is C27H36N4O3S. The predicted molar refractivity (Wildman–Crippen MR) is 139 cm³/mol. The number of carbonyl (C=O) groups excluding carboxylic acids is 1. The van der Waals surface area contributed by atoms with Gasteiger partial charge in [-0.2, -0.15) is 5.10 Å². The monoisotopic (exact) mass is 496 g/mol. The van der Waals surface area contributed by atoms with Gasteiger partial charge in [0.1, 0.15) is 0 Å². The fourth-order valence-electron chi connectivity index (χ4n) is 5.44. The van der Waals surface area contributed by atoms with Gasteiger partial charge in [-0.15, -0.1) is 0 Å². The summed E-state index contributed by atoms with van der Waals surface area (Å²) in [6.07, 6.45) is 0.606. The highest BCUT2D eigenvalue weighted by molar-refractivity contribution is 7.91. The molecule has 1 aliphatic rings. The molecule has 3 aromatic rings. The van der Waals surface area contributed by atoms with Crippen molar-refractivity contribution in [3.8, 4) is 0 Å². The van der Waals surface area contributed by atoms with Gasteiger partial charge >= 0.3 is 0 Å². The van der Waals surface area contributed by atoms with E-state index in [1.54, 1.807) is 0 Å². The highest BCUT2D eigenvalue weighted by atomic mass is 32.2. The van der Waals surface area contributed by atoms with Crippen molar-refractivity contribution >= 4 is 15.6 Å². The molecule has 1 fully saturated rings. The molecule has 188 valence electrons. The summed E-state index contributed by atoms with van der Waals surface area (Å²) in [4.78, 5) is 15.3. The lowest BCUT2D eigenvalue weighted by Gasteiger charge is -2.20. The minimum absolute atomic E-state index is 0.0942. The Kier molecular flexibility index (Phi) is 7.06. The third-order valence-corrected chi connectivity index (χ3v) is 9.08. The average Bonchev–Trinajstić information content (AvgIpc) is 3.41. The van der Waals surface area contributed by atoms with Gasteiger partial charge in [0.05, 0.1) is 35.8 Å². The van der Waals surface area contributed by atoms with Gasteiger partial charge in [-0.1, -0.05) is 30.3 Å². The van der Waals surface area contributed by atoms with Crippen molar-refractivity contribution in [3.63, 3.8) is 0 Å². The zero-order valence-electron chi connectivity index (χ0n) is 21.6. The van der Waals surface area contributed by atoms with Gasteiger partial charge < -0.3 is 4.57 Å². The van der Waals surface area contributed by atoms with Crippen LogP contribution in [0.2, 0.25) is 0 Å². The molecule has 1 aliphatic heterocycles. The van der Waals surface area contributed by atoms with Crippen molar-refractivity contribution in [1.29, 1.82) is 0 Å². The smallest absolute Gasteiger partial charge is 0.178 e. The molecule has 1 aromatic carbocycles. The summed E-state index contributed by atoms with van der Waals surface area (Å²) in [5.74, 6) is 0.470. The van der Waals surface area contributed by atoms with Crippen LogP contribution < -0.4 is 0 Å². The van der Waals surface area contributed by atoms with Gasteiger partial charge in [-0.05, 0) is 59.7 Å². The Labute approximate surface area is 208 Å². The van der Waals surface area contributed by atoms with Crippen LogP contribution in [0, 0.1) is 27.7 Å². The number of benzene rings is 1. The maximum Gasteiger partial charge on any atom is 0.178 e. The molecule has 0 spiro atoms. The predicted octanol–water partition coefficient (Wildman–Crippen LogP) is 4.20. The summed E-state index contributed by atoms with van der Waals surface area (Å²) < 4.78 is 28.0. The molecule has 0 radical (unpaired) electrons. The zero-order valence-corrected chi connectivity index (χ0v) is 22.4. The second-order valence-corrected chi connectivity index (χ2v) is 12.2. The first-order valence-electron chi connectivity index (χ1n) is 12.2. The summed E-state index contributed by atoms with van der Waals surface area (Å²) in [5.41, 5.74) is 6.97. The minimum atomic E-state index is -2.98. The second kappa shape index (κ2) is 9.74. The van der Waals surface area contributed by atoms with Gasteiger partial charge in [0.2, 0.25) is 0 Å². The fraction of sp³-hybridized carbons (Fsp3) is 0.481. The van der Waals surface area contributed by atoms with Crippen LogP contribution in [0.5, 0.6) is 0 Å². The first-order chi connectivity index (χ1) is 16.5. The molecule has 0 unspecified atom stereocenters. The van der Waals surface area contributed by atoms with Crippen LogP contribution in [0.3, 0.4) is 0 Å². The number of aryl methyl sites for hydroxylation is 2. The van der Waals surface area contributed by atoms with E-state index < -0.39 is 9.84 Å². The molecule has 7 nitrogen and oxygen atoms in total. The molecule has 8 heteroatoms. The molecular weight excluding hydrogens is 460 g/mol. The van der Waals surface area contributed by atoms with Crippen molar-refractivity contribution in [1.82, 2.24) is 19.2 Å². The Morgan fingerprint density at radius 1 is 1.14 bits per heavy atom. The van der Waals surface area contributed by atoms with E-state index in [0.717, 1.165) is 33.9 Å². The van der Waals surface area contributed by atoms with Crippen molar-refractivity contribution in [2.75, 3.05) is 25.1 Å². The average molecular weight is 497 g/mol. The van der Waals surface area contributed by atoms with Crippen LogP contribution >= 0.6 is 0 Å². The number of hydrogen-bond acceptors (Lipinski definition) is 5. The van der Waals surface area contributed by atoms with Crippen LogP contribution in [0.4, 0.5) is 0 Å². The normalized spacial score (nSPS) is 18.3. The number of rotatable bonds is 8. The molecule has 2 aromatic heterocycles. The number of Topliss-reactive ketones (excluding diaryl/α,β-unsaturated/α-hetero) is 1. The molecule has 0 saturated carbocycles. The van der Waals surface area contributed by atoms with Gasteiger partial charge in [-0.3, -0.25) is 14.4 Å². The van der Waals surface area contributed by atoms with Crippen LogP contribution in [0.25, 0.3) is 0 Å². The number of sulfone groups is 1. The highest BCUT2D eigenvalue weighted by Crippen LogP contribution is 2.28. The van der Waals surface area contributed by atoms with E-state index in [0.29, 0.717) is 19.5 Å². The van der Waals surface area contributed by atoms with Crippen LogP contribution in [-0.2, 0) is 16.4 Å². The molecule has 4 rings (SSSR count). The van der Waals surface area contributed by atoms with Gasteiger partial charge in [0.15, 0.2) is 15.6 Å². The van der Waals surface area contributed by atoms with E-state index in [1.807, 2.05) is 61.7 Å². The molecule has 1 saturated heterocycles. The van der Waals surface area contributed by atoms with Crippen LogP contribution in [0.1, 0.15) is 69.7 Å². The molecule has 0 amide bonds. The van der Waals surface area contributed by atoms with Crippen LogP contribution in [0.15, 0.2) is 36.4 Å². The van der Waals surface area contributed by atoms with E-state index in [2.05, 4.69) is 35.6 Å². The first-order valence-corrected chi connectivity index (χ1v) is 14.0. The third-order valence-electron chi connectivity index (χ3n) is 7.32. The maximum absolute atomic E-state index is 13.3. The van der Waals surface area contributed by atoms with Gasteiger partial charge in [0, 0.05) is 34.8 Å². The van der Waals surface area contributed by atoms with E-state index in [1.165, 1.54) is 5.56 Å². The Morgan fingerprint density at radius 2 is 1.83 bits per heavy atom. The number of hydrogen-bond donors (Lipinski definition) is 0. The van der Waals surface area contributed by atoms with E-state index >= 15 is 0 Å². The summed E-state index contributed by atoms with van der Waals surface area (Å²) in [6, 6.07) is 12.4. The topological polar surface area (TPSA) is 77.2 Å². The standard InChI is InChI=1S/C27H36N4O3S/c1-18-14-25(21(4)30(18)20(3)23-10-8-7-9-11-23)27(32)16-29(6)15-26-19(2)28-31(22(26)5)24-12-13-35(33,34)17-24/h7-11,14,20,24H,12-13,15-17H2,1-6H3/t20-,24-/m1/s1. The number of aromatic nitrogens is 3. The quantitative estimate of drug-likeness (QED) is 0.437. The summed E-state index contributed by atoms with van der Waals surface area (Å²) in [6.45, 7) is 11.1. The largest absolute Gasteiger partial charge is 0.341 e. The van der Waals surface area contributed by atoms with Crippen LogP contribution in [-0.4, -0.2) is 58.5 Å². The molecule has 0 bridgehead atoms. The summed E-state index contributed by atoms with van der Waals surface area (Å²) in [7, 11) is -1.04. The lowest BCUT2D eigenvalue weighted by Crippen LogP contribution is -2.26. The molecule has 2 atom stereocenters. The van der Waals surface area contributed by atoms with Gasteiger partial charge in [0.25, 0.3) is 0 Å². The second-order valence-electron chi connectivity index (χ2n) is 9.99. The Balaban J connectivity index is 1.48. The zero-order chi connectivity index (χ0) is 25.5. The fourth-order valence-corrected chi connectivity index (χ4v) is 7.13. The van der Waals surface area contributed by atoms with Crippen molar-refractivity contribution in [2.45, 2.75) is 59.7 Å². The van der Waals surface area contributed by atoms with Gasteiger partial charge in [-0.25, -0.2) is 8.42 Å². The Hall–Kier alpha value is -2.71. The Bertz CT molecular complexity index is 1340. The number of ketones is 1. The highest BCUT2D eigenvalue weighted by Gasteiger charge is 2.31. The number of nitrogens with zero attached hydrogens (tertiary/aromatic N) is 4. The summed E-state index contributed by atoms with van der Waals surface area (Å²) in [5, 5.41) is 4.66. The summed E-state index contributed by atoms with van der Waals surface area (Å²) >= 11 is 0. The number of carbonyl (C=O) groups is 1. The van der Waals surface area contributed by atoms with E-state index in [9.17, 15) is 13.2 Å². The minimum Gasteiger partial charge on any atom is -0.341 e. The third kappa shape index (κ3) is 5.14. The molecule has 0 N–H and O–H groups in total. The lowest BCUT2D eigenvalue weighted by molar-refractivity contribution is 0.0942. The van der Waals surface area contributed by atoms with Crippen molar-refractivity contribution < 1.29 is 13.2 Å². The molecule has 35 heavy (non-hydrogen) atoms.